The minimum Gasteiger partial charge on any atom is -0.465 e. The molecule has 2 aliphatic rings. The molecule has 1 fully saturated rings. The SMILES string of the molecule is CCOC(=O)CN1C(=O)CN(C(=O)C2CC2)c2cc(C)c(C)cc21. The molecular weight excluding hydrogens is 308 g/mol. The number of fused-ring (bicyclic) bond motifs is 1. The Morgan fingerprint density at radius 2 is 1.79 bits per heavy atom. The number of carbonyl (C=O) groups excluding carboxylic acids is 3. The van der Waals surface area contributed by atoms with Crippen LogP contribution in [0, 0.1) is 19.8 Å². The van der Waals surface area contributed by atoms with Crippen LogP contribution < -0.4 is 9.80 Å². The molecular formula is C18H22N2O4. The molecule has 0 unspecified atom stereocenters. The molecule has 1 aromatic rings. The number of aryl methyl sites for hydroxylation is 2. The second-order valence-electron chi connectivity index (χ2n) is 6.41. The summed E-state index contributed by atoms with van der Waals surface area (Å²) in [5, 5.41) is 0. The van der Waals surface area contributed by atoms with Gasteiger partial charge < -0.3 is 9.64 Å². The first-order valence-corrected chi connectivity index (χ1v) is 8.31. The van der Waals surface area contributed by atoms with Gasteiger partial charge in [0.25, 0.3) is 0 Å². The maximum absolute atomic E-state index is 12.6. The third kappa shape index (κ3) is 3.00. The topological polar surface area (TPSA) is 66.9 Å². The van der Waals surface area contributed by atoms with Crippen molar-refractivity contribution in [3.8, 4) is 0 Å². The monoisotopic (exact) mass is 330 g/mol. The standard InChI is InChI=1S/C18H22N2O4/c1-4-24-17(22)10-19-14-7-11(2)12(3)8-15(14)20(9-16(19)21)18(23)13-5-6-13/h7-8,13H,4-6,9-10H2,1-3H3. The van der Waals surface area contributed by atoms with E-state index in [9.17, 15) is 14.4 Å². The Morgan fingerprint density at radius 3 is 2.38 bits per heavy atom. The lowest BCUT2D eigenvalue weighted by Crippen LogP contribution is -2.50. The Hall–Kier alpha value is -2.37. The molecule has 0 aromatic heterocycles. The zero-order chi connectivity index (χ0) is 17.4. The highest BCUT2D eigenvalue weighted by atomic mass is 16.5. The molecule has 1 aliphatic heterocycles. The Labute approximate surface area is 141 Å². The second kappa shape index (κ2) is 6.26. The molecule has 0 spiro atoms. The molecule has 1 saturated carbocycles. The van der Waals surface area contributed by atoms with Crippen molar-refractivity contribution in [2.24, 2.45) is 5.92 Å². The van der Waals surface area contributed by atoms with Crippen LogP contribution in [0.2, 0.25) is 0 Å². The molecule has 3 rings (SSSR count). The van der Waals surface area contributed by atoms with Gasteiger partial charge in [0, 0.05) is 5.92 Å². The number of hydrogen-bond donors (Lipinski definition) is 0. The maximum atomic E-state index is 12.6. The molecule has 0 N–H and O–H groups in total. The summed E-state index contributed by atoms with van der Waals surface area (Å²) in [7, 11) is 0. The van der Waals surface area contributed by atoms with Crippen LogP contribution in [-0.2, 0) is 19.1 Å². The first kappa shape index (κ1) is 16.5. The second-order valence-corrected chi connectivity index (χ2v) is 6.41. The Kier molecular flexibility index (Phi) is 4.30. The molecule has 1 aliphatic carbocycles. The van der Waals surface area contributed by atoms with E-state index in [0.717, 1.165) is 24.0 Å². The fraction of sp³-hybridized carbons (Fsp3) is 0.500. The van der Waals surface area contributed by atoms with E-state index in [2.05, 4.69) is 0 Å². The van der Waals surface area contributed by atoms with E-state index in [1.807, 2.05) is 26.0 Å². The van der Waals surface area contributed by atoms with E-state index in [4.69, 9.17) is 4.74 Å². The maximum Gasteiger partial charge on any atom is 0.326 e. The third-order valence-electron chi connectivity index (χ3n) is 4.55. The lowest BCUT2D eigenvalue weighted by molar-refractivity contribution is -0.142. The van der Waals surface area contributed by atoms with Crippen LogP contribution in [-0.4, -0.2) is 37.5 Å². The smallest absolute Gasteiger partial charge is 0.326 e. The van der Waals surface area contributed by atoms with Crippen LogP contribution in [0.15, 0.2) is 12.1 Å². The van der Waals surface area contributed by atoms with Gasteiger partial charge >= 0.3 is 5.97 Å². The first-order valence-electron chi connectivity index (χ1n) is 8.31. The van der Waals surface area contributed by atoms with Gasteiger partial charge in [-0.25, -0.2) is 0 Å². The number of benzene rings is 1. The Morgan fingerprint density at radius 1 is 1.17 bits per heavy atom. The van der Waals surface area contributed by atoms with Gasteiger partial charge in [0.15, 0.2) is 0 Å². The van der Waals surface area contributed by atoms with Crippen molar-refractivity contribution in [2.45, 2.75) is 33.6 Å². The van der Waals surface area contributed by atoms with Crippen LogP contribution in [0.1, 0.15) is 30.9 Å². The van der Waals surface area contributed by atoms with Crippen LogP contribution in [0.4, 0.5) is 11.4 Å². The van der Waals surface area contributed by atoms with Gasteiger partial charge in [0.1, 0.15) is 13.1 Å². The van der Waals surface area contributed by atoms with Gasteiger partial charge in [-0.15, -0.1) is 0 Å². The summed E-state index contributed by atoms with van der Waals surface area (Å²) in [6, 6.07) is 3.80. The first-order chi connectivity index (χ1) is 11.4. The zero-order valence-electron chi connectivity index (χ0n) is 14.3. The summed E-state index contributed by atoms with van der Waals surface area (Å²) >= 11 is 0. The molecule has 1 heterocycles. The van der Waals surface area contributed by atoms with Gasteiger partial charge in [-0.2, -0.15) is 0 Å². The Balaban J connectivity index is 1.99. The molecule has 1 aromatic carbocycles. The highest BCUT2D eigenvalue weighted by Gasteiger charge is 2.40. The van der Waals surface area contributed by atoms with Gasteiger partial charge in [-0.1, -0.05) is 0 Å². The molecule has 2 amide bonds. The lowest BCUT2D eigenvalue weighted by Gasteiger charge is -2.36. The van der Waals surface area contributed by atoms with Gasteiger partial charge in [0.05, 0.1) is 18.0 Å². The quantitative estimate of drug-likeness (QED) is 0.792. The van der Waals surface area contributed by atoms with Crippen molar-refractivity contribution in [1.29, 1.82) is 0 Å². The molecule has 24 heavy (non-hydrogen) atoms. The number of nitrogens with zero attached hydrogens (tertiary/aromatic N) is 2. The van der Waals surface area contributed by atoms with Crippen molar-refractivity contribution >= 4 is 29.2 Å². The molecule has 6 nitrogen and oxygen atoms in total. The molecule has 0 atom stereocenters. The number of rotatable bonds is 4. The molecule has 128 valence electrons. The number of ether oxygens (including phenoxy) is 1. The summed E-state index contributed by atoms with van der Waals surface area (Å²) in [5.41, 5.74) is 3.37. The predicted octanol–water partition coefficient (Wildman–Crippen LogP) is 1.96. The zero-order valence-corrected chi connectivity index (χ0v) is 14.3. The van der Waals surface area contributed by atoms with E-state index in [-0.39, 0.29) is 37.4 Å². The van der Waals surface area contributed by atoms with Crippen molar-refractivity contribution in [3.05, 3.63) is 23.3 Å². The average molecular weight is 330 g/mol. The van der Waals surface area contributed by atoms with Crippen LogP contribution in [0.25, 0.3) is 0 Å². The van der Waals surface area contributed by atoms with Crippen molar-refractivity contribution in [3.63, 3.8) is 0 Å². The highest BCUT2D eigenvalue weighted by Crippen LogP contribution is 2.40. The van der Waals surface area contributed by atoms with Crippen LogP contribution in [0.5, 0.6) is 0 Å². The minimum atomic E-state index is -0.447. The average Bonchev–Trinajstić information content (AvgIpc) is 3.36. The normalized spacial score (nSPS) is 16.9. The lowest BCUT2D eigenvalue weighted by atomic mass is 10.0. The van der Waals surface area contributed by atoms with Crippen molar-refractivity contribution in [1.82, 2.24) is 0 Å². The number of carbonyl (C=O) groups is 3. The summed E-state index contributed by atoms with van der Waals surface area (Å²) in [6.45, 7) is 5.77. The summed E-state index contributed by atoms with van der Waals surface area (Å²) in [4.78, 5) is 40.0. The number of anilines is 2. The van der Waals surface area contributed by atoms with E-state index in [1.54, 1.807) is 11.8 Å². The van der Waals surface area contributed by atoms with E-state index >= 15 is 0 Å². The van der Waals surface area contributed by atoms with Gasteiger partial charge in [-0.05, 0) is 56.9 Å². The van der Waals surface area contributed by atoms with Crippen LogP contribution in [0.3, 0.4) is 0 Å². The molecule has 6 heteroatoms. The number of hydrogen-bond acceptors (Lipinski definition) is 4. The van der Waals surface area contributed by atoms with Crippen LogP contribution >= 0.6 is 0 Å². The molecule has 0 bridgehead atoms. The van der Waals surface area contributed by atoms with Crippen molar-refractivity contribution in [2.75, 3.05) is 29.5 Å². The number of esters is 1. The summed E-state index contributed by atoms with van der Waals surface area (Å²) in [6.07, 6.45) is 1.77. The van der Waals surface area contributed by atoms with E-state index in [0.29, 0.717) is 11.4 Å². The highest BCUT2D eigenvalue weighted by molar-refractivity contribution is 6.13. The fourth-order valence-corrected chi connectivity index (χ4v) is 2.91. The Bertz CT molecular complexity index is 709. The largest absolute Gasteiger partial charge is 0.465 e. The fourth-order valence-electron chi connectivity index (χ4n) is 2.91. The van der Waals surface area contributed by atoms with E-state index in [1.165, 1.54) is 4.90 Å². The predicted molar refractivity (Wildman–Crippen MR) is 90.0 cm³/mol. The third-order valence-corrected chi connectivity index (χ3v) is 4.55. The number of amides is 2. The van der Waals surface area contributed by atoms with Gasteiger partial charge in [-0.3, -0.25) is 19.3 Å². The van der Waals surface area contributed by atoms with Gasteiger partial charge in [0.2, 0.25) is 11.8 Å². The molecule has 0 saturated heterocycles. The summed E-state index contributed by atoms with van der Waals surface area (Å²) in [5.74, 6) is -0.669. The van der Waals surface area contributed by atoms with E-state index < -0.39 is 5.97 Å². The van der Waals surface area contributed by atoms with Crippen molar-refractivity contribution < 1.29 is 19.1 Å². The summed E-state index contributed by atoms with van der Waals surface area (Å²) < 4.78 is 4.97. The molecule has 0 radical (unpaired) electrons. The minimum absolute atomic E-state index is 0.00337.